The third-order valence-corrected chi connectivity index (χ3v) is 3.77. The zero-order chi connectivity index (χ0) is 15.9. The Bertz CT molecular complexity index is 545. The molecule has 22 heavy (non-hydrogen) atoms. The molecular weight excluding hydrogens is 282 g/mol. The van der Waals surface area contributed by atoms with Gasteiger partial charge in [0.05, 0.1) is 0 Å². The van der Waals surface area contributed by atoms with Crippen molar-refractivity contribution in [2.24, 2.45) is 5.73 Å². The normalized spacial score (nSPS) is 18.5. The van der Waals surface area contributed by atoms with Gasteiger partial charge in [-0.15, -0.1) is 0 Å². The summed E-state index contributed by atoms with van der Waals surface area (Å²) in [5, 5.41) is 5.21. The lowest BCUT2D eigenvalue weighted by molar-refractivity contribution is -0.129. The van der Waals surface area contributed by atoms with Gasteiger partial charge in [-0.25, -0.2) is 0 Å². The third-order valence-electron chi connectivity index (χ3n) is 3.77. The SMILES string of the molecule is NC(=O)[C@H](CCCc1ccccc1)NC(=O)[C@H]1CCC(=O)N1. The van der Waals surface area contributed by atoms with Crippen molar-refractivity contribution in [2.45, 2.75) is 44.2 Å². The highest BCUT2D eigenvalue weighted by atomic mass is 16.2. The monoisotopic (exact) mass is 303 g/mol. The van der Waals surface area contributed by atoms with E-state index in [0.29, 0.717) is 19.3 Å². The predicted octanol–water partition coefficient (Wildman–Crippen LogP) is 0.258. The molecule has 0 aromatic heterocycles. The molecule has 6 heteroatoms. The molecule has 1 saturated heterocycles. The maximum absolute atomic E-state index is 12.0. The van der Waals surface area contributed by atoms with Gasteiger partial charge in [0.25, 0.3) is 0 Å². The van der Waals surface area contributed by atoms with E-state index >= 15 is 0 Å². The number of hydrogen-bond acceptors (Lipinski definition) is 3. The van der Waals surface area contributed by atoms with Crippen LogP contribution < -0.4 is 16.4 Å². The van der Waals surface area contributed by atoms with E-state index in [9.17, 15) is 14.4 Å². The third kappa shape index (κ3) is 4.58. The summed E-state index contributed by atoms with van der Waals surface area (Å²) in [6.07, 6.45) is 2.85. The van der Waals surface area contributed by atoms with Crippen LogP contribution in [0.3, 0.4) is 0 Å². The summed E-state index contributed by atoms with van der Waals surface area (Å²) in [5.41, 5.74) is 6.53. The van der Waals surface area contributed by atoms with Gasteiger partial charge in [0.1, 0.15) is 12.1 Å². The Balaban J connectivity index is 1.81. The molecule has 0 bridgehead atoms. The summed E-state index contributed by atoms with van der Waals surface area (Å²) in [5.74, 6) is -1.03. The van der Waals surface area contributed by atoms with Crippen molar-refractivity contribution in [3.8, 4) is 0 Å². The molecule has 118 valence electrons. The van der Waals surface area contributed by atoms with E-state index in [1.54, 1.807) is 0 Å². The summed E-state index contributed by atoms with van der Waals surface area (Å²) < 4.78 is 0. The van der Waals surface area contributed by atoms with Crippen molar-refractivity contribution in [1.29, 1.82) is 0 Å². The van der Waals surface area contributed by atoms with Gasteiger partial charge in [0.15, 0.2) is 0 Å². The van der Waals surface area contributed by atoms with Crippen LogP contribution >= 0.6 is 0 Å². The van der Waals surface area contributed by atoms with Crippen LogP contribution in [-0.2, 0) is 20.8 Å². The standard InChI is InChI=1S/C16H21N3O3/c17-15(21)12(8-4-7-11-5-2-1-3-6-11)19-16(22)13-9-10-14(20)18-13/h1-3,5-6,12-13H,4,7-10H2,(H2,17,21)(H,18,20)(H,19,22)/t12-,13+/m0/s1. The molecule has 0 saturated carbocycles. The van der Waals surface area contributed by atoms with Gasteiger partial charge in [-0.05, 0) is 31.2 Å². The van der Waals surface area contributed by atoms with E-state index in [1.165, 1.54) is 5.56 Å². The molecule has 1 aromatic rings. The van der Waals surface area contributed by atoms with E-state index in [4.69, 9.17) is 5.73 Å². The Labute approximate surface area is 129 Å². The van der Waals surface area contributed by atoms with Gasteiger partial charge in [-0.1, -0.05) is 30.3 Å². The first-order valence-corrected chi connectivity index (χ1v) is 7.49. The lowest BCUT2D eigenvalue weighted by Gasteiger charge is -2.18. The van der Waals surface area contributed by atoms with E-state index < -0.39 is 18.0 Å². The highest BCUT2D eigenvalue weighted by molar-refractivity contribution is 5.93. The number of carbonyl (C=O) groups is 3. The minimum Gasteiger partial charge on any atom is -0.368 e. The second-order valence-corrected chi connectivity index (χ2v) is 5.50. The maximum atomic E-state index is 12.0. The van der Waals surface area contributed by atoms with Gasteiger partial charge >= 0.3 is 0 Å². The Morgan fingerprint density at radius 3 is 2.64 bits per heavy atom. The smallest absolute Gasteiger partial charge is 0.243 e. The number of nitrogens with one attached hydrogen (secondary N) is 2. The molecule has 0 radical (unpaired) electrons. The minimum absolute atomic E-state index is 0.139. The highest BCUT2D eigenvalue weighted by Crippen LogP contribution is 2.09. The molecule has 0 unspecified atom stereocenters. The van der Waals surface area contributed by atoms with Crippen molar-refractivity contribution < 1.29 is 14.4 Å². The highest BCUT2D eigenvalue weighted by Gasteiger charge is 2.29. The molecule has 1 heterocycles. The fourth-order valence-electron chi connectivity index (χ4n) is 2.52. The van der Waals surface area contributed by atoms with E-state index in [1.807, 2.05) is 30.3 Å². The number of carbonyl (C=O) groups excluding carboxylic acids is 3. The summed E-state index contributed by atoms with van der Waals surface area (Å²) in [7, 11) is 0. The lowest BCUT2D eigenvalue weighted by Crippen LogP contribution is -2.50. The second-order valence-electron chi connectivity index (χ2n) is 5.50. The zero-order valence-corrected chi connectivity index (χ0v) is 12.4. The van der Waals surface area contributed by atoms with Gasteiger partial charge in [0, 0.05) is 6.42 Å². The van der Waals surface area contributed by atoms with Crippen molar-refractivity contribution in [3.63, 3.8) is 0 Å². The first-order valence-electron chi connectivity index (χ1n) is 7.49. The number of hydrogen-bond donors (Lipinski definition) is 3. The topological polar surface area (TPSA) is 101 Å². The largest absolute Gasteiger partial charge is 0.368 e. The van der Waals surface area contributed by atoms with E-state index in [2.05, 4.69) is 10.6 Å². The quantitative estimate of drug-likeness (QED) is 0.673. The molecular formula is C16H21N3O3. The first-order chi connectivity index (χ1) is 10.6. The summed E-state index contributed by atoms with van der Waals surface area (Å²) >= 11 is 0. The average Bonchev–Trinajstić information content (AvgIpc) is 2.93. The zero-order valence-electron chi connectivity index (χ0n) is 12.4. The fraction of sp³-hybridized carbons (Fsp3) is 0.438. The maximum Gasteiger partial charge on any atom is 0.243 e. The van der Waals surface area contributed by atoms with Crippen molar-refractivity contribution >= 4 is 17.7 Å². The van der Waals surface area contributed by atoms with Crippen LogP contribution in [0.15, 0.2) is 30.3 Å². The van der Waals surface area contributed by atoms with Crippen molar-refractivity contribution in [1.82, 2.24) is 10.6 Å². The molecule has 1 aromatic carbocycles. The number of benzene rings is 1. The summed E-state index contributed by atoms with van der Waals surface area (Å²) in [4.78, 5) is 34.6. The molecule has 6 nitrogen and oxygen atoms in total. The molecule has 3 amide bonds. The second kappa shape index (κ2) is 7.59. The van der Waals surface area contributed by atoms with Crippen LogP contribution in [-0.4, -0.2) is 29.8 Å². The van der Waals surface area contributed by atoms with Gasteiger partial charge in [-0.2, -0.15) is 0 Å². The molecule has 2 atom stereocenters. The molecule has 2 rings (SSSR count). The average molecular weight is 303 g/mol. The van der Waals surface area contributed by atoms with Crippen LogP contribution in [0.4, 0.5) is 0 Å². The van der Waals surface area contributed by atoms with Crippen LogP contribution in [0.25, 0.3) is 0 Å². The van der Waals surface area contributed by atoms with Crippen LogP contribution in [0.1, 0.15) is 31.2 Å². The Kier molecular flexibility index (Phi) is 5.52. The molecule has 4 N–H and O–H groups in total. The molecule has 0 spiro atoms. The van der Waals surface area contributed by atoms with Gasteiger partial charge in [0.2, 0.25) is 17.7 Å². The van der Waals surface area contributed by atoms with E-state index in [-0.39, 0.29) is 11.8 Å². The number of primary amides is 1. The van der Waals surface area contributed by atoms with Crippen LogP contribution in [0.5, 0.6) is 0 Å². The lowest BCUT2D eigenvalue weighted by atomic mass is 10.0. The molecule has 1 aliphatic heterocycles. The minimum atomic E-state index is -0.700. The first kappa shape index (κ1) is 16.0. The summed E-state index contributed by atoms with van der Waals surface area (Å²) in [6.45, 7) is 0. The number of rotatable bonds is 7. The Hall–Kier alpha value is -2.37. The van der Waals surface area contributed by atoms with Gasteiger partial charge in [-0.3, -0.25) is 14.4 Å². The van der Waals surface area contributed by atoms with Crippen LogP contribution in [0.2, 0.25) is 0 Å². The fourth-order valence-corrected chi connectivity index (χ4v) is 2.52. The Morgan fingerprint density at radius 2 is 2.05 bits per heavy atom. The van der Waals surface area contributed by atoms with Crippen molar-refractivity contribution in [2.75, 3.05) is 0 Å². The molecule has 0 aliphatic carbocycles. The van der Waals surface area contributed by atoms with Crippen LogP contribution in [0, 0.1) is 0 Å². The predicted molar refractivity (Wildman–Crippen MR) is 81.7 cm³/mol. The van der Waals surface area contributed by atoms with Crippen molar-refractivity contribution in [3.05, 3.63) is 35.9 Å². The summed E-state index contributed by atoms with van der Waals surface area (Å²) in [6, 6.07) is 8.66. The number of nitrogens with two attached hydrogens (primary N) is 1. The molecule has 1 aliphatic rings. The number of aryl methyl sites for hydroxylation is 1. The Morgan fingerprint density at radius 1 is 1.32 bits per heavy atom. The van der Waals surface area contributed by atoms with Gasteiger partial charge < -0.3 is 16.4 Å². The number of amides is 3. The molecule has 1 fully saturated rings. The van der Waals surface area contributed by atoms with E-state index in [0.717, 1.165) is 12.8 Å².